The summed E-state index contributed by atoms with van der Waals surface area (Å²) in [4.78, 5) is 37.8. The van der Waals surface area contributed by atoms with Crippen LogP contribution in [0.1, 0.15) is 20.9 Å². The number of hydrogen-bond donors (Lipinski definition) is 0. The summed E-state index contributed by atoms with van der Waals surface area (Å²) >= 11 is 0. The highest BCUT2D eigenvalue weighted by Gasteiger charge is 2.27. The minimum Gasteiger partial charge on any atom is -0.459 e. The second-order valence-electron chi connectivity index (χ2n) is 7.25. The second kappa shape index (κ2) is 8.02. The number of likely N-dealkylation sites (N-methyl/N-ethyl adjacent to an activating group) is 1. The number of amides is 2. The molecule has 0 aromatic carbocycles. The van der Waals surface area contributed by atoms with Crippen molar-refractivity contribution in [2.75, 3.05) is 64.3 Å². The molecule has 148 valence electrons. The molecule has 0 aliphatic carbocycles. The second-order valence-corrected chi connectivity index (χ2v) is 7.25. The summed E-state index contributed by atoms with van der Waals surface area (Å²) in [5.41, 5.74) is 0.648. The molecular weight excluding hydrogens is 358 g/mol. The first-order valence-corrected chi connectivity index (χ1v) is 9.63. The molecule has 2 aromatic rings. The van der Waals surface area contributed by atoms with E-state index >= 15 is 0 Å². The third kappa shape index (κ3) is 3.87. The van der Waals surface area contributed by atoms with E-state index in [9.17, 15) is 9.59 Å². The first kappa shape index (κ1) is 18.5. The molecule has 2 fully saturated rings. The van der Waals surface area contributed by atoms with Gasteiger partial charge in [0.25, 0.3) is 11.8 Å². The van der Waals surface area contributed by atoms with E-state index in [2.05, 4.69) is 21.8 Å². The third-order valence-electron chi connectivity index (χ3n) is 5.41. The Hall–Kier alpha value is -2.87. The number of piperazine rings is 2. The maximum Gasteiger partial charge on any atom is 0.289 e. The number of pyridine rings is 1. The van der Waals surface area contributed by atoms with Gasteiger partial charge >= 0.3 is 0 Å². The average molecular weight is 383 g/mol. The lowest BCUT2D eigenvalue weighted by atomic mass is 10.2. The van der Waals surface area contributed by atoms with Crippen molar-refractivity contribution in [2.45, 2.75) is 0 Å². The number of aromatic nitrogens is 1. The van der Waals surface area contributed by atoms with Crippen molar-refractivity contribution in [1.29, 1.82) is 0 Å². The molecule has 2 aromatic heterocycles. The van der Waals surface area contributed by atoms with Gasteiger partial charge in [-0.15, -0.1) is 0 Å². The van der Waals surface area contributed by atoms with Crippen molar-refractivity contribution in [3.05, 3.63) is 48.0 Å². The van der Waals surface area contributed by atoms with E-state index in [1.807, 2.05) is 6.07 Å². The zero-order valence-electron chi connectivity index (χ0n) is 16.1. The fraction of sp³-hybridized carbons (Fsp3) is 0.450. The zero-order valence-corrected chi connectivity index (χ0v) is 16.1. The molecule has 0 spiro atoms. The van der Waals surface area contributed by atoms with Crippen LogP contribution in [0.4, 0.5) is 5.82 Å². The van der Waals surface area contributed by atoms with Crippen LogP contribution in [0.25, 0.3) is 0 Å². The van der Waals surface area contributed by atoms with Crippen LogP contribution >= 0.6 is 0 Å². The number of hydrogen-bond acceptors (Lipinski definition) is 6. The van der Waals surface area contributed by atoms with Gasteiger partial charge in [0, 0.05) is 64.1 Å². The SMILES string of the molecule is CN1CCN(c2cc(C(=O)N3CCN(C(=O)c4ccco4)CC3)ccn2)CC1. The average Bonchev–Trinajstić information content (AvgIpc) is 3.28. The monoisotopic (exact) mass is 383 g/mol. The van der Waals surface area contributed by atoms with Gasteiger partial charge in [0.2, 0.25) is 0 Å². The normalized spacial score (nSPS) is 18.4. The summed E-state index contributed by atoms with van der Waals surface area (Å²) in [7, 11) is 2.11. The smallest absolute Gasteiger partial charge is 0.289 e. The summed E-state index contributed by atoms with van der Waals surface area (Å²) in [6.07, 6.45) is 3.20. The predicted molar refractivity (Wildman–Crippen MR) is 104 cm³/mol. The fourth-order valence-electron chi connectivity index (χ4n) is 3.61. The standard InChI is InChI=1S/C20H25N5O3/c1-22-6-8-23(9-7-22)18-15-16(4-5-21-18)19(26)24-10-12-25(13-11-24)20(27)17-3-2-14-28-17/h2-5,14-15H,6-13H2,1H3. The van der Waals surface area contributed by atoms with Crippen LogP contribution in [0.2, 0.25) is 0 Å². The van der Waals surface area contributed by atoms with Gasteiger partial charge in [-0.2, -0.15) is 0 Å². The van der Waals surface area contributed by atoms with Crippen LogP contribution in [0.3, 0.4) is 0 Å². The molecule has 0 bridgehead atoms. The summed E-state index contributed by atoms with van der Waals surface area (Å²) in [5.74, 6) is 1.05. The Bertz CT molecular complexity index is 822. The number of nitrogens with zero attached hydrogens (tertiary/aromatic N) is 5. The van der Waals surface area contributed by atoms with Crippen molar-refractivity contribution in [3.63, 3.8) is 0 Å². The van der Waals surface area contributed by atoms with Gasteiger partial charge in [0.05, 0.1) is 6.26 Å². The highest BCUT2D eigenvalue weighted by Crippen LogP contribution is 2.17. The summed E-state index contributed by atoms with van der Waals surface area (Å²) < 4.78 is 5.18. The number of anilines is 1. The topological polar surface area (TPSA) is 73.1 Å². The van der Waals surface area contributed by atoms with E-state index in [0.717, 1.165) is 32.0 Å². The molecule has 8 heteroatoms. The molecule has 0 saturated carbocycles. The number of carbonyl (C=O) groups excluding carboxylic acids is 2. The first-order valence-electron chi connectivity index (χ1n) is 9.63. The van der Waals surface area contributed by atoms with E-state index in [1.165, 1.54) is 6.26 Å². The van der Waals surface area contributed by atoms with Crippen LogP contribution in [-0.4, -0.2) is 90.9 Å². The van der Waals surface area contributed by atoms with Crippen LogP contribution in [-0.2, 0) is 0 Å². The Morgan fingerprint density at radius 3 is 2.25 bits per heavy atom. The zero-order chi connectivity index (χ0) is 19.5. The lowest BCUT2D eigenvalue weighted by molar-refractivity contribution is 0.0518. The molecular formula is C20H25N5O3. The van der Waals surface area contributed by atoms with Crippen LogP contribution in [0.15, 0.2) is 41.1 Å². The van der Waals surface area contributed by atoms with E-state index < -0.39 is 0 Å². The van der Waals surface area contributed by atoms with E-state index in [1.54, 1.807) is 34.2 Å². The first-order chi connectivity index (χ1) is 13.6. The van der Waals surface area contributed by atoms with E-state index in [-0.39, 0.29) is 11.8 Å². The molecule has 28 heavy (non-hydrogen) atoms. The van der Waals surface area contributed by atoms with Crippen molar-refractivity contribution >= 4 is 17.6 Å². The number of carbonyl (C=O) groups is 2. The van der Waals surface area contributed by atoms with Gasteiger partial charge in [-0.25, -0.2) is 4.98 Å². The number of furan rings is 1. The van der Waals surface area contributed by atoms with Crippen molar-refractivity contribution < 1.29 is 14.0 Å². The van der Waals surface area contributed by atoms with Gasteiger partial charge in [0.1, 0.15) is 5.82 Å². The minimum atomic E-state index is -0.127. The maximum absolute atomic E-state index is 12.9. The lowest BCUT2D eigenvalue weighted by Crippen LogP contribution is -2.50. The Kier molecular flexibility index (Phi) is 5.29. The van der Waals surface area contributed by atoms with Crippen molar-refractivity contribution in [3.8, 4) is 0 Å². The molecule has 4 heterocycles. The third-order valence-corrected chi connectivity index (χ3v) is 5.41. The van der Waals surface area contributed by atoms with Crippen molar-refractivity contribution in [1.82, 2.24) is 19.7 Å². The predicted octanol–water partition coefficient (Wildman–Crippen LogP) is 1.02. The minimum absolute atomic E-state index is 0.0112. The lowest BCUT2D eigenvalue weighted by Gasteiger charge is -2.35. The van der Waals surface area contributed by atoms with Gasteiger partial charge < -0.3 is 24.0 Å². The van der Waals surface area contributed by atoms with E-state index in [0.29, 0.717) is 37.5 Å². The summed E-state index contributed by atoms with van der Waals surface area (Å²) in [5, 5.41) is 0. The molecule has 0 atom stereocenters. The quantitative estimate of drug-likeness (QED) is 0.788. The molecule has 2 amide bonds. The molecule has 0 radical (unpaired) electrons. The number of rotatable bonds is 3. The van der Waals surface area contributed by atoms with Crippen LogP contribution < -0.4 is 4.90 Å². The highest BCUT2D eigenvalue weighted by atomic mass is 16.3. The summed E-state index contributed by atoms with van der Waals surface area (Å²) in [6, 6.07) is 7.02. The molecule has 2 saturated heterocycles. The molecule has 4 rings (SSSR count). The Labute approximate surface area is 164 Å². The fourth-order valence-corrected chi connectivity index (χ4v) is 3.61. The van der Waals surface area contributed by atoms with Gasteiger partial charge in [0.15, 0.2) is 5.76 Å². The van der Waals surface area contributed by atoms with Crippen molar-refractivity contribution in [2.24, 2.45) is 0 Å². The molecule has 0 unspecified atom stereocenters. The van der Waals surface area contributed by atoms with Gasteiger partial charge in [-0.1, -0.05) is 0 Å². The summed E-state index contributed by atoms with van der Waals surface area (Å²) in [6.45, 7) is 5.83. The molecule has 0 N–H and O–H groups in total. The van der Waals surface area contributed by atoms with Gasteiger partial charge in [-0.3, -0.25) is 9.59 Å². The molecule has 2 aliphatic rings. The van der Waals surface area contributed by atoms with Crippen LogP contribution in [0.5, 0.6) is 0 Å². The van der Waals surface area contributed by atoms with Crippen LogP contribution in [0, 0.1) is 0 Å². The Balaban J connectivity index is 1.37. The molecule has 2 aliphatic heterocycles. The maximum atomic E-state index is 12.9. The Morgan fingerprint density at radius 1 is 0.929 bits per heavy atom. The van der Waals surface area contributed by atoms with E-state index in [4.69, 9.17) is 4.42 Å². The highest BCUT2D eigenvalue weighted by molar-refractivity contribution is 5.95. The molecule has 8 nitrogen and oxygen atoms in total. The Morgan fingerprint density at radius 2 is 1.61 bits per heavy atom. The largest absolute Gasteiger partial charge is 0.459 e. The van der Waals surface area contributed by atoms with Gasteiger partial charge in [-0.05, 0) is 31.3 Å².